The molecular weight excluding hydrogens is 260 g/mol. The first kappa shape index (κ1) is 15.5. The van der Waals surface area contributed by atoms with E-state index in [2.05, 4.69) is 37.0 Å². The lowest BCUT2D eigenvalue weighted by molar-refractivity contribution is 0.279. The number of nitrogens with zero attached hydrogens (tertiary/aromatic N) is 1. The lowest BCUT2D eigenvalue weighted by Crippen LogP contribution is -2.34. The Kier molecular flexibility index (Phi) is 5.37. The van der Waals surface area contributed by atoms with Gasteiger partial charge in [0.05, 0.1) is 6.61 Å². The van der Waals surface area contributed by atoms with Crippen molar-refractivity contribution in [2.75, 3.05) is 13.2 Å². The van der Waals surface area contributed by atoms with Crippen LogP contribution in [-0.4, -0.2) is 29.2 Å². The predicted octanol–water partition coefficient (Wildman–Crippen LogP) is 2.60. The average molecular weight is 284 g/mol. The van der Waals surface area contributed by atoms with Crippen LogP contribution in [0.3, 0.4) is 0 Å². The van der Waals surface area contributed by atoms with E-state index in [9.17, 15) is 5.11 Å². The zero-order valence-electron chi connectivity index (χ0n) is 12.6. The lowest BCUT2D eigenvalue weighted by atomic mass is 9.96. The molecule has 0 spiro atoms. The third-order valence-electron chi connectivity index (χ3n) is 3.61. The summed E-state index contributed by atoms with van der Waals surface area (Å²) in [6.07, 6.45) is 5.97. The zero-order chi connectivity index (χ0) is 15.2. The number of allylic oxidation sites excluding steroid dienone is 3. The molecule has 3 heteroatoms. The van der Waals surface area contributed by atoms with Crippen LogP contribution in [0.2, 0.25) is 0 Å². The topological polar surface area (TPSA) is 49.5 Å². The van der Waals surface area contributed by atoms with Gasteiger partial charge < -0.3 is 15.7 Å². The lowest BCUT2D eigenvalue weighted by Gasteiger charge is -2.30. The normalized spacial score (nSPS) is 16.5. The SMILES string of the molecule is C=C1C=C(CO)N(CC(C)N)C=C1CCc1ccccc1. The van der Waals surface area contributed by atoms with Gasteiger partial charge in [-0.1, -0.05) is 36.9 Å². The first-order valence-corrected chi connectivity index (χ1v) is 7.37. The van der Waals surface area contributed by atoms with Gasteiger partial charge in [-0.05, 0) is 42.6 Å². The van der Waals surface area contributed by atoms with Gasteiger partial charge in [-0.2, -0.15) is 0 Å². The molecule has 0 saturated heterocycles. The fourth-order valence-electron chi connectivity index (χ4n) is 2.50. The summed E-state index contributed by atoms with van der Waals surface area (Å²) in [5.41, 5.74) is 10.3. The van der Waals surface area contributed by atoms with Crippen molar-refractivity contribution in [2.45, 2.75) is 25.8 Å². The van der Waals surface area contributed by atoms with Crippen LogP contribution in [-0.2, 0) is 6.42 Å². The minimum absolute atomic E-state index is 0.00814. The highest BCUT2D eigenvalue weighted by atomic mass is 16.3. The van der Waals surface area contributed by atoms with E-state index in [0.717, 1.165) is 24.1 Å². The van der Waals surface area contributed by atoms with Crippen molar-refractivity contribution in [3.05, 3.63) is 71.6 Å². The molecule has 0 fully saturated rings. The van der Waals surface area contributed by atoms with Crippen molar-refractivity contribution in [2.24, 2.45) is 5.73 Å². The molecule has 1 aromatic carbocycles. The van der Waals surface area contributed by atoms with Gasteiger partial charge in [0, 0.05) is 24.5 Å². The number of aryl methyl sites for hydroxylation is 1. The average Bonchev–Trinajstić information content (AvgIpc) is 2.47. The molecule has 0 bridgehead atoms. The molecule has 0 aliphatic carbocycles. The number of aliphatic hydroxyl groups is 1. The van der Waals surface area contributed by atoms with Crippen LogP contribution in [0, 0.1) is 0 Å². The smallest absolute Gasteiger partial charge is 0.0833 e. The quantitative estimate of drug-likeness (QED) is 0.844. The van der Waals surface area contributed by atoms with Crippen LogP contribution < -0.4 is 5.73 Å². The van der Waals surface area contributed by atoms with Crippen LogP contribution in [0.25, 0.3) is 0 Å². The van der Waals surface area contributed by atoms with Crippen molar-refractivity contribution in [3.8, 4) is 0 Å². The minimum Gasteiger partial charge on any atom is -0.390 e. The van der Waals surface area contributed by atoms with Crippen molar-refractivity contribution in [1.82, 2.24) is 4.90 Å². The molecule has 1 unspecified atom stereocenters. The second kappa shape index (κ2) is 7.25. The number of nitrogens with two attached hydrogens (primary N) is 1. The molecule has 1 aliphatic rings. The maximum Gasteiger partial charge on any atom is 0.0833 e. The van der Waals surface area contributed by atoms with Gasteiger partial charge in [0.1, 0.15) is 0 Å². The second-order valence-corrected chi connectivity index (χ2v) is 5.59. The number of hydrogen-bond donors (Lipinski definition) is 2. The first-order chi connectivity index (χ1) is 10.1. The standard InChI is InChI=1S/C18H24N2O/c1-14-10-18(13-21)20(11-15(2)19)12-17(14)9-8-16-6-4-3-5-7-16/h3-7,10,12,15,21H,1,8-9,11,13,19H2,2H3. The Hall–Kier alpha value is -1.84. The van der Waals surface area contributed by atoms with Crippen LogP contribution in [0.5, 0.6) is 0 Å². The Morgan fingerprint density at radius 3 is 2.57 bits per heavy atom. The van der Waals surface area contributed by atoms with Gasteiger partial charge in [-0.15, -0.1) is 0 Å². The van der Waals surface area contributed by atoms with E-state index in [1.165, 1.54) is 11.1 Å². The maximum absolute atomic E-state index is 9.47. The largest absolute Gasteiger partial charge is 0.390 e. The molecular formula is C18H24N2O. The summed E-state index contributed by atoms with van der Waals surface area (Å²) in [6, 6.07) is 10.5. The van der Waals surface area contributed by atoms with E-state index in [1.807, 2.05) is 24.0 Å². The molecule has 0 saturated carbocycles. The van der Waals surface area contributed by atoms with Crippen molar-refractivity contribution >= 4 is 0 Å². The van der Waals surface area contributed by atoms with E-state index in [-0.39, 0.29) is 12.6 Å². The third-order valence-corrected chi connectivity index (χ3v) is 3.61. The number of hydrogen-bond acceptors (Lipinski definition) is 3. The van der Waals surface area contributed by atoms with Gasteiger partial charge in [-0.25, -0.2) is 0 Å². The van der Waals surface area contributed by atoms with Gasteiger partial charge in [0.15, 0.2) is 0 Å². The molecule has 21 heavy (non-hydrogen) atoms. The van der Waals surface area contributed by atoms with E-state index in [0.29, 0.717) is 6.54 Å². The van der Waals surface area contributed by atoms with E-state index in [4.69, 9.17) is 5.73 Å². The fraction of sp³-hybridized carbons (Fsp3) is 0.333. The van der Waals surface area contributed by atoms with Crippen LogP contribution in [0.4, 0.5) is 0 Å². The molecule has 0 radical (unpaired) electrons. The summed E-state index contributed by atoms with van der Waals surface area (Å²) in [4.78, 5) is 2.04. The van der Waals surface area contributed by atoms with Crippen LogP contribution in [0.15, 0.2) is 66.0 Å². The molecule has 0 aromatic heterocycles. The number of benzene rings is 1. The Labute approximate surface area is 127 Å². The highest BCUT2D eigenvalue weighted by Crippen LogP contribution is 2.25. The Balaban J connectivity index is 2.07. The highest BCUT2D eigenvalue weighted by Gasteiger charge is 2.16. The van der Waals surface area contributed by atoms with E-state index in [1.54, 1.807) is 0 Å². The van der Waals surface area contributed by atoms with Crippen molar-refractivity contribution in [3.63, 3.8) is 0 Å². The number of aliphatic hydroxyl groups excluding tert-OH is 1. The minimum atomic E-state index is 0.00814. The molecule has 1 aromatic rings. The molecule has 2 rings (SSSR count). The Morgan fingerprint density at radius 2 is 1.95 bits per heavy atom. The Morgan fingerprint density at radius 1 is 1.24 bits per heavy atom. The molecule has 0 amide bonds. The van der Waals surface area contributed by atoms with Gasteiger partial charge in [0.2, 0.25) is 0 Å². The molecule has 1 atom stereocenters. The van der Waals surface area contributed by atoms with Crippen molar-refractivity contribution in [1.29, 1.82) is 0 Å². The first-order valence-electron chi connectivity index (χ1n) is 7.37. The zero-order valence-corrected chi connectivity index (χ0v) is 12.6. The van der Waals surface area contributed by atoms with Crippen molar-refractivity contribution < 1.29 is 5.11 Å². The van der Waals surface area contributed by atoms with E-state index < -0.39 is 0 Å². The Bertz CT molecular complexity index is 544. The molecule has 3 N–H and O–H groups in total. The molecule has 3 nitrogen and oxygen atoms in total. The maximum atomic E-state index is 9.47. The fourth-order valence-corrected chi connectivity index (χ4v) is 2.50. The van der Waals surface area contributed by atoms with Gasteiger partial charge >= 0.3 is 0 Å². The molecule has 112 valence electrons. The van der Waals surface area contributed by atoms with E-state index >= 15 is 0 Å². The summed E-state index contributed by atoms with van der Waals surface area (Å²) in [5, 5.41) is 9.47. The molecule has 1 aliphatic heterocycles. The second-order valence-electron chi connectivity index (χ2n) is 5.59. The van der Waals surface area contributed by atoms with Crippen LogP contribution in [0.1, 0.15) is 18.9 Å². The number of rotatable bonds is 6. The summed E-state index contributed by atoms with van der Waals surface area (Å²) < 4.78 is 0. The predicted molar refractivity (Wildman–Crippen MR) is 87.5 cm³/mol. The summed E-state index contributed by atoms with van der Waals surface area (Å²) in [6.45, 7) is 6.79. The summed E-state index contributed by atoms with van der Waals surface area (Å²) in [7, 11) is 0. The molecule has 1 heterocycles. The third kappa shape index (κ3) is 4.31. The monoisotopic (exact) mass is 284 g/mol. The van der Waals surface area contributed by atoms with Gasteiger partial charge in [0.25, 0.3) is 0 Å². The van der Waals surface area contributed by atoms with Crippen LogP contribution >= 0.6 is 0 Å². The highest BCUT2D eigenvalue weighted by molar-refractivity contribution is 5.43. The summed E-state index contributed by atoms with van der Waals surface area (Å²) >= 11 is 0. The van der Waals surface area contributed by atoms with Gasteiger partial charge in [-0.3, -0.25) is 0 Å². The summed E-state index contributed by atoms with van der Waals surface area (Å²) in [5.74, 6) is 0.